The number of aliphatic imine (C=N–C) groups is 2. The molecule has 0 fully saturated rings. The van der Waals surface area contributed by atoms with Crippen LogP contribution < -0.4 is 0 Å². The lowest BCUT2D eigenvalue weighted by Crippen LogP contribution is -2.14. The molecule has 0 aliphatic carbocycles. The Morgan fingerprint density at radius 1 is 0.426 bits per heavy atom. The molecule has 6 aromatic rings. The van der Waals surface area contributed by atoms with Crippen LogP contribution in [0, 0.1) is 23.3 Å². The van der Waals surface area contributed by atoms with E-state index in [2.05, 4.69) is 9.98 Å². The molecule has 6 aromatic carbocycles. The molecule has 10 heteroatoms. The van der Waals surface area contributed by atoms with Crippen LogP contribution in [0.15, 0.2) is 143 Å². The fraction of sp³-hybridized carbons (Fsp3) is 0.136. The van der Waals surface area contributed by atoms with Gasteiger partial charge in [-0.25, -0.2) is 27.5 Å². The second kappa shape index (κ2) is 15.9. The molecule has 0 bridgehead atoms. The van der Waals surface area contributed by atoms with E-state index in [0.29, 0.717) is 10.0 Å². The first-order valence-corrected chi connectivity index (χ1v) is 17.9. The Bertz CT molecular complexity index is 2130. The van der Waals surface area contributed by atoms with Gasteiger partial charge >= 0.3 is 0 Å². The van der Waals surface area contributed by atoms with Gasteiger partial charge in [-0.05, 0) is 95.8 Å². The second-order valence-corrected chi connectivity index (χ2v) is 13.7. The highest BCUT2D eigenvalue weighted by atomic mass is 35.5. The van der Waals surface area contributed by atoms with Crippen LogP contribution in [-0.2, 0) is 9.47 Å². The van der Waals surface area contributed by atoms with Gasteiger partial charge in [0.1, 0.15) is 58.7 Å². The van der Waals surface area contributed by atoms with E-state index >= 15 is 0 Å². The van der Waals surface area contributed by atoms with Gasteiger partial charge in [-0.15, -0.1) is 0 Å². The van der Waals surface area contributed by atoms with Crippen molar-refractivity contribution in [2.45, 2.75) is 38.1 Å². The molecule has 0 unspecified atom stereocenters. The summed E-state index contributed by atoms with van der Waals surface area (Å²) in [5.41, 5.74) is 5.62. The Morgan fingerprint density at radius 3 is 1.00 bits per heavy atom. The summed E-state index contributed by atoms with van der Waals surface area (Å²) in [6.45, 7) is 3.68. The Kier molecular flexibility index (Phi) is 10.9. The van der Waals surface area contributed by atoms with Crippen LogP contribution in [-0.4, -0.2) is 24.0 Å². The molecule has 0 aromatic heterocycles. The number of benzene rings is 6. The summed E-state index contributed by atoms with van der Waals surface area (Å²) in [5.74, 6) is -2.71. The zero-order valence-electron chi connectivity index (χ0n) is 29.0. The maximum absolute atomic E-state index is 14.0. The maximum Gasteiger partial charge on any atom is 0.223 e. The molecule has 8 rings (SSSR count). The molecule has 0 N–H and O–H groups in total. The Labute approximate surface area is 320 Å². The van der Waals surface area contributed by atoms with Crippen molar-refractivity contribution >= 4 is 35.0 Å². The smallest absolute Gasteiger partial charge is 0.223 e. The highest BCUT2D eigenvalue weighted by Gasteiger charge is 2.33. The summed E-state index contributed by atoms with van der Waals surface area (Å²) in [6, 6.07) is 37.8. The minimum Gasteiger partial charge on any atom is -0.472 e. The third kappa shape index (κ3) is 7.91. The van der Waals surface area contributed by atoms with Gasteiger partial charge in [-0.1, -0.05) is 108 Å². The molecule has 2 aliphatic rings. The van der Waals surface area contributed by atoms with Crippen LogP contribution in [0.3, 0.4) is 0 Å². The molecule has 4 nitrogen and oxygen atoms in total. The van der Waals surface area contributed by atoms with Crippen molar-refractivity contribution in [2.24, 2.45) is 9.98 Å². The molecule has 0 amide bonds. The van der Waals surface area contributed by atoms with Gasteiger partial charge in [-0.2, -0.15) is 0 Å². The number of nitrogens with zero attached hydrogens (tertiary/aromatic N) is 2. The third-order valence-electron chi connectivity index (χ3n) is 9.21. The van der Waals surface area contributed by atoms with E-state index in [9.17, 15) is 17.6 Å². The van der Waals surface area contributed by atoms with Crippen molar-refractivity contribution in [1.82, 2.24) is 0 Å². The summed E-state index contributed by atoms with van der Waals surface area (Å²) in [7, 11) is 0. The SMILES string of the molecule is C[C@@H]1OC(c2c(F)cccc2F)=N[C@@H]1c1ccc(-c2ccc(Cl)cc2)cc1.C[C@H]1OC(c2c(F)cccc2F)=N[C@H]1c1ccc(-c2ccc(Cl)cc2)cc1. The average Bonchev–Trinajstić information content (AvgIpc) is 3.74. The predicted octanol–water partition coefficient (Wildman–Crippen LogP) is 12.4. The quantitative estimate of drug-likeness (QED) is 0.158. The van der Waals surface area contributed by atoms with E-state index in [0.717, 1.165) is 33.4 Å². The third-order valence-corrected chi connectivity index (χ3v) is 9.71. The lowest BCUT2D eigenvalue weighted by Gasteiger charge is -2.13. The summed E-state index contributed by atoms with van der Waals surface area (Å²) in [5, 5.41) is 1.38. The van der Waals surface area contributed by atoms with Gasteiger partial charge in [0, 0.05) is 10.0 Å². The van der Waals surface area contributed by atoms with Gasteiger partial charge in [0.05, 0.1) is 0 Å². The van der Waals surface area contributed by atoms with Gasteiger partial charge < -0.3 is 9.47 Å². The highest BCUT2D eigenvalue weighted by Crippen LogP contribution is 2.35. The second-order valence-electron chi connectivity index (χ2n) is 12.9. The fourth-order valence-corrected chi connectivity index (χ4v) is 6.63. The summed E-state index contributed by atoms with van der Waals surface area (Å²) in [4.78, 5) is 8.88. The monoisotopic (exact) mass is 766 g/mol. The van der Waals surface area contributed by atoms with Crippen molar-refractivity contribution in [1.29, 1.82) is 0 Å². The lowest BCUT2D eigenvalue weighted by atomic mass is 9.99. The predicted molar refractivity (Wildman–Crippen MR) is 206 cm³/mol. The van der Waals surface area contributed by atoms with Crippen molar-refractivity contribution in [3.63, 3.8) is 0 Å². The lowest BCUT2D eigenvalue weighted by molar-refractivity contribution is 0.212. The molecule has 2 heterocycles. The maximum atomic E-state index is 14.0. The van der Waals surface area contributed by atoms with E-state index in [1.54, 1.807) is 0 Å². The summed E-state index contributed by atoms with van der Waals surface area (Å²) < 4.78 is 67.4. The number of ether oxygens (including phenoxy) is 2. The minimum absolute atomic E-state index is 0.00452. The Balaban J connectivity index is 0.000000167. The molecule has 2 aliphatic heterocycles. The van der Waals surface area contributed by atoms with E-state index < -0.39 is 23.3 Å². The van der Waals surface area contributed by atoms with Crippen molar-refractivity contribution in [3.05, 3.63) is 189 Å². The van der Waals surface area contributed by atoms with Gasteiger partial charge in [-0.3, -0.25) is 0 Å². The van der Waals surface area contributed by atoms with Gasteiger partial charge in [0.15, 0.2) is 0 Å². The number of halogens is 6. The zero-order chi connectivity index (χ0) is 37.9. The van der Waals surface area contributed by atoms with E-state index in [4.69, 9.17) is 32.7 Å². The van der Waals surface area contributed by atoms with E-state index in [-0.39, 0.29) is 47.2 Å². The fourth-order valence-electron chi connectivity index (χ4n) is 6.38. The van der Waals surface area contributed by atoms with Crippen LogP contribution in [0.25, 0.3) is 22.3 Å². The first-order valence-electron chi connectivity index (χ1n) is 17.1. The van der Waals surface area contributed by atoms with Crippen molar-refractivity contribution in [2.75, 3.05) is 0 Å². The molecule has 272 valence electrons. The van der Waals surface area contributed by atoms with Crippen molar-refractivity contribution < 1.29 is 27.0 Å². The first-order chi connectivity index (χ1) is 26.0. The van der Waals surface area contributed by atoms with Crippen LogP contribution in [0.1, 0.15) is 48.2 Å². The molecule has 54 heavy (non-hydrogen) atoms. The number of hydrogen-bond donors (Lipinski definition) is 0. The molecule has 0 saturated carbocycles. The van der Waals surface area contributed by atoms with Crippen LogP contribution in [0.2, 0.25) is 10.0 Å². The molecule has 4 atom stereocenters. The minimum atomic E-state index is -0.681. The van der Waals surface area contributed by atoms with Gasteiger partial charge in [0.2, 0.25) is 11.8 Å². The van der Waals surface area contributed by atoms with Crippen molar-refractivity contribution in [3.8, 4) is 22.3 Å². The zero-order valence-corrected chi connectivity index (χ0v) is 30.5. The van der Waals surface area contributed by atoms with E-state index in [1.165, 1.54) is 36.4 Å². The molecule has 0 saturated heterocycles. The Hall–Kier alpha value is -5.44. The summed E-state index contributed by atoms with van der Waals surface area (Å²) in [6.07, 6.45) is -0.638. The number of rotatable bonds is 6. The standard InChI is InChI=1S/2C22H16ClF2NO/c2*1-13-21(26-22(27-13)20-18(24)3-2-4-19(20)25)16-7-5-14(6-8-16)15-9-11-17(23)12-10-15/h2*2-13,21H,1H3/t2*13-,21-/m10/s1. The molecular weight excluding hydrogens is 735 g/mol. The largest absolute Gasteiger partial charge is 0.472 e. The van der Waals surface area contributed by atoms with Crippen LogP contribution in [0.5, 0.6) is 0 Å². The Morgan fingerprint density at radius 2 is 0.704 bits per heavy atom. The van der Waals surface area contributed by atoms with Crippen LogP contribution >= 0.6 is 23.2 Å². The topological polar surface area (TPSA) is 43.2 Å². The van der Waals surface area contributed by atoms with E-state index in [1.807, 2.05) is 111 Å². The summed E-state index contributed by atoms with van der Waals surface area (Å²) >= 11 is 11.9. The molecule has 0 spiro atoms. The molecule has 0 radical (unpaired) electrons. The molecular formula is C44H32Cl2F4N2O2. The normalized spacial score (nSPS) is 18.9. The first kappa shape index (κ1) is 36.9. The van der Waals surface area contributed by atoms with Crippen LogP contribution in [0.4, 0.5) is 17.6 Å². The average molecular weight is 768 g/mol. The number of hydrogen-bond acceptors (Lipinski definition) is 4. The highest BCUT2D eigenvalue weighted by molar-refractivity contribution is 6.30. The van der Waals surface area contributed by atoms with Gasteiger partial charge in [0.25, 0.3) is 0 Å².